The van der Waals surface area contributed by atoms with Crippen molar-refractivity contribution in [3.8, 4) is 11.5 Å². The van der Waals surface area contributed by atoms with Gasteiger partial charge in [0.15, 0.2) is 0 Å². The molecule has 0 fully saturated rings. The average molecular weight is 486 g/mol. The van der Waals surface area contributed by atoms with Crippen LogP contribution in [0.5, 0.6) is 11.5 Å². The molecular formula is C27H23N3O4S. The number of hydrogen-bond acceptors (Lipinski definition) is 6. The van der Waals surface area contributed by atoms with Gasteiger partial charge in [-0.15, -0.1) is 0 Å². The quantitative estimate of drug-likeness (QED) is 0.330. The molecule has 0 spiro atoms. The van der Waals surface area contributed by atoms with Crippen molar-refractivity contribution in [3.63, 3.8) is 0 Å². The zero-order chi connectivity index (χ0) is 24.6. The second-order valence-corrected chi connectivity index (χ2v) is 8.42. The molecule has 176 valence electrons. The molecule has 0 radical (unpaired) electrons. The van der Waals surface area contributed by atoms with Gasteiger partial charge in [-0.05, 0) is 48.5 Å². The molecular weight excluding hydrogens is 462 g/mol. The highest BCUT2D eigenvalue weighted by Gasteiger charge is 2.17. The Hall–Kier alpha value is -4.30. The summed E-state index contributed by atoms with van der Waals surface area (Å²) < 4.78 is 10.9. The molecule has 0 saturated carbocycles. The summed E-state index contributed by atoms with van der Waals surface area (Å²) in [6.07, 6.45) is 1.74. The number of rotatable bonds is 8. The summed E-state index contributed by atoms with van der Waals surface area (Å²) in [6.45, 7) is 0. The molecule has 3 aromatic carbocycles. The predicted molar refractivity (Wildman–Crippen MR) is 137 cm³/mol. The third-order valence-electron chi connectivity index (χ3n) is 5.03. The van der Waals surface area contributed by atoms with Crippen molar-refractivity contribution in [2.24, 2.45) is 0 Å². The summed E-state index contributed by atoms with van der Waals surface area (Å²) in [7, 11) is 2.98. The van der Waals surface area contributed by atoms with E-state index < -0.39 is 0 Å². The topological polar surface area (TPSA) is 89.6 Å². The normalized spacial score (nSPS) is 10.3. The minimum absolute atomic E-state index is 0.286. The lowest BCUT2D eigenvalue weighted by molar-refractivity contribution is 0.101. The van der Waals surface area contributed by atoms with Crippen molar-refractivity contribution in [2.45, 2.75) is 9.92 Å². The highest BCUT2D eigenvalue weighted by Crippen LogP contribution is 2.37. The van der Waals surface area contributed by atoms with Crippen LogP contribution in [0.25, 0.3) is 0 Å². The molecule has 4 aromatic rings. The Morgan fingerprint density at radius 1 is 0.714 bits per heavy atom. The average Bonchev–Trinajstić information content (AvgIpc) is 2.90. The first kappa shape index (κ1) is 23.8. The van der Waals surface area contributed by atoms with Gasteiger partial charge in [-0.2, -0.15) is 0 Å². The fraction of sp³-hybridized carbons (Fsp3) is 0.0741. The van der Waals surface area contributed by atoms with E-state index in [1.807, 2.05) is 36.4 Å². The number of carbonyl (C=O) groups excluding carboxylic acids is 2. The molecule has 0 aliphatic rings. The van der Waals surface area contributed by atoms with E-state index >= 15 is 0 Å². The van der Waals surface area contributed by atoms with Gasteiger partial charge in [-0.3, -0.25) is 9.59 Å². The first-order valence-electron chi connectivity index (χ1n) is 10.7. The first-order valence-corrected chi connectivity index (χ1v) is 11.5. The number of hydrogen-bond donors (Lipinski definition) is 2. The molecule has 7 nitrogen and oxygen atoms in total. The van der Waals surface area contributed by atoms with Crippen molar-refractivity contribution in [3.05, 3.63) is 102 Å². The van der Waals surface area contributed by atoms with E-state index in [-0.39, 0.29) is 11.8 Å². The van der Waals surface area contributed by atoms with Crippen LogP contribution in [0.15, 0.2) is 101 Å². The van der Waals surface area contributed by atoms with E-state index in [4.69, 9.17) is 9.47 Å². The number of pyridine rings is 1. The van der Waals surface area contributed by atoms with Gasteiger partial charge in [-0.1, -0.05) is 36.0 Å². The minimum atomic E-state index is -0.305. The lowest BCUT2D eigenvalue weighted by Gasteiger charge is -2.16. The smallest absolute Gasteiger partial charge is 0.255 e. The number of benzene rings is 3. The van der Waals surface area contributed by atoms with Crippen LogP contribution in [0, 0.1) is 0 Å². The van der Waals surface area contributed by atoms with Crippen LogP contribution < -0.4 is 20.1 Å². The molecule has 0 aliphatic carbocycles. The van der Waals surface area contributed by atoms with Crippen molar-refractivity contribution < 1.29 is 19.1 Å². The van der Waals surface area contributed by atoms with Crippen molar-refractivity contribution >= 4 is 35.0 Å². The summed E-state index contributed by atoms with van der Waals surface area (Å²) in [5, 5.41) is 6.56. The Labute approximate surface area is 207 Å². The van der Waals surface area contributed by atoms with Crippen LogP contribution in [0.4, 0.5) is 11.4 Å². The van der Waals surface area contributed by atoms with E-state index in [1.165, 1.54) is 26.0 Å². The molecule has 35 heavy (non-hydrogen) atoms. The summed E-state index contributed by atoms with van der Waals surface area (Å²) >= 11 is 1.51. The number of carbonyl (C=O) groups is 2. The second kappa shape index (κ2) is 11.2. The highest BCUT2D eigenvalue weighted by atomic mass is 32.2. The van der Waals surface area contributed by atoms with Gasteiger partial charge in [0, 0.05) is 34.4 Å². The Morgan fingerprint density at radius 3 is 1.77 bits per heavy atom. The van der Waals surface area contributed by atoms with Crippen LogP contribution in [-0.2, 0) is 0 Å². The molecule has 2 N–H and O–H groups in total. The fourth-order valence-electron chi connectivity index (χ4n) is 3.27. The third kappa shape index (κ3) is 5.99. The van der Waals surface area contributed by atoms with Crippen LogP contribution in [-0.4, -0.2) is 31.0 Å². The standard InChI is InChI=1S/C27H23N3O4S/c1-33-23-17-22(24(34-2)16-21(23)29-26(31)18-8-4-3-5-9-18)30-27(32)19-11-13-20(14-12-19)35-25-10-6-7-15-28-25/h3-17H,1-2H3,(H,29,31)(H,30,32). The summed E-state index contributed by atoms with van der Waals surface area (Å²) in [4.78, 5) is 30.8. The van der Waals surface area contributed by atoms with Crippen molar-refractivity contribution in [1.82, 2.24) is 4.98 Å². The van der Waals surface area contributed by atoms with Crippen LogP contribution in [0.3, 0.4) is 0 Å². The lowest BCUT2D eigenvalue weighted by atomic mass is 10.1. The number of amides is 2. The SMILES string of the molecule is COc1cc(NC(=O)c2ccc(Sc3ccccn3)cc2)c(OC)cc1NC(=O)c1ccccc1. The van der Waals surface area contributed by atoms with Crippen LogP contribution in [0.2, 0.25) is 0 Å². The highest BCUT2D eigenvalue weighted by molar-refractivity contribution is 7.99. The summed E-state index contributed by atoms with van der Waals surface area (Å²) in [6, 6.07) is 25.0. The number of nitrogens with one attached hydrogen (secondary N) is 2. The molecule has 0 atom stereocenters. The molecule has 0 saturated heterocycles. The molecule has 4 rings (SSSR count). The third-order valence-corrected chi connectivity index (χ3v) is 5.99. The van der Waals surface area contributed by atoms with E-state index in [0.29, 0.717) is 34.0 Å². The Kier molecular flexibility index (Phi) is 7.64. The zero-order valence-corrected chi connectivity index (χ0v) is 20.0. The molecule has 0 aliphatic heterocycles. The summed E-state index contributed by atoms with van der Waals surface area (Å²) in [5.41, 5.74) is 1.83. The number of methoxy groups -OCH3 is 2. The number of anilines is 2. The molecule has 1 heterocycles. The van der Waals surface area contributed by atoms with Gasteiger partial charge in [0.2, 0.25) is 0 Å². The van der Waals surface area contributed by atoms with Crippen LogP contribution >= 0.6 is 11.8 Å². The maximum absolute atomic E-state index is 12.9. The molecule has 0 unspecified atom stereocenters. The second-order valence-electron chi connectivity index (χ2n) is 7.32. The monoisotopic (exact) mass is 485 g/mol. The molecule has 2 amide bonds. The van der Waals surface area contributed by atoms with E-state index in [2.05, 4.69) is 15.6 Å². The number of nitrogens with zero attached hydrogens (tertiary/aromatic N) is 1. The molecule has 1 aromatic heterocycles. The van der Waals surface area contributed by atoms with Gasteiger partial charge in [0.25, 0.3) is 11.8 Å². The lowest BCUT2D eigenvalue weighted by Crippen LogP contribution is -2.15. The molecule has 8 heteroatoms. The van der Waals surface area contributed by atoms with E-state index in [1.54, 1.807) is 54.7 Å². The van der Waals surface area contributed by atoms with Gasteiger partial charge in [0.1, 0.15) is 16.5 Å². The number of ether oxygens (including phenoxy) is 2. The maximum atomic E-state index is 12.9. The Morgan fingerprint density at radius 2 is 1.26 bits per heavy atom. The fourth-order valence-corrected chi connectivity index (χ4v) is 4.05. The van der Waals surface area contributed by atoms with Gasteiger partial charge < -0.3 is 20.1 Å². The minimum Gasteiger partial charge on any atom is -0.494 e. The van der Waals surface area contributed by atoms with E-state index in [0.717, 1.165) is 9.92 Å². The van der Waals surface area contributed by atoms with Crippen molar-refractivity contribution in [1.29, 1.82) is 0 Å². The Bertz CT molecular complexity index is 1310. The summed E-state index contributed by atoms with van der Waals surface area (Å²) in [5.74, 6) is 0.171. The molecule has 0 bridgehead atoms. The zero-order valence-electron chi connectivity index (χ0n) is 19.1. The van der Waals surface area contributed by atoms with Gasteiger partial charge >= 0.3 is 0 Å². The van der Waals surface area contributed by atoms with E-state index in [9.17, 15) is 9.59 Å². The number of aromatic nitrogens is 1. The largest absolute Gasteiger partial charge is 0.494 e. The van der Waals surface area contributed by atoms with Gasteiger partial charge in [-0.25, -0.2) is 4.98 Å². The maximum Gasteiger partial charge on any atom is 0.255 e. The Balaban J connectivity index is 1.50. The predicted octanol–water partition coefficient (Wildman–Crippen LogP) is 5.75. The van der Waals surface area contributed by atoms with Crippen LogP contribution in [0.1, 0.15) is 20.7 Å². The van der Waals surface area contributed by atoms with Gasteiger partial charge in [0.05, 0.1) is 25.6 Å². The first-order chi connectivity index (χ1) is 17.1. The van der Waals surface area contributed by atoms with Crippen molar-refractivity contribution in [2.75, 3.05) is 24.9 Å².